The first kappa shape index (κ1) is 35.6. The average molecular weight is 734 g/mol. The van der Waals surface area contributed by atoms with Gasteiger partial charge in [0.15, 0.2) is 0 Å². The molecule has 0 N–H and O–H groups in total. The number of hydrogen-bond acceptors (Lipinski definition) is 3. The van der Waals surface area contributed by atoms with E-state index in [0.29, 0.717) is 11.8 Å². The summed E-state index contributed by atoms with van der Waals surface area (Å²) in [7, 11) is 2.16. The highest BCUT2D eigenvalue weighted by atomic mass is 15.4. The second kappa shape index (κ2) is 13.6. The van der Waals surface area contributed by atoms with Gasteiger partial charge in [-0.1, -0.05) is 139 Å². The maximum atomic E-state index is 5.66. The van der Waals surface area contributed by atoms with Gasteiger partial charge in [0.25, 0.3) is 0 Å². The third-order valence-electron chi connectivity index (χ3n) is 11.5. The maximum Gasteiger partial charge on any atom is 0.0950 e. The number of aromatic nitrogens is 3. The molecule has 0 atom stereocenters. The van der Waals surface area contributed by atoms with Crippen molar-refractivity contribution in [2.45, 2.75) is 65.7 Å². The third kappa shape index (κ3) is 5.80. The zero-order valence-corrected chi connectivity index (χ0v) is 33.9. The Morgan fingerprint density at radius 2 is 1.18 bits per heavy atom. The number of benzene rings is 6. The standard InChI is InChI=1S/C51H51N5/c1-33(2)39-23-17-24-40(34(3)4)47(39)48-49(35-18-10-9-11-19-35)56(52-50(48)51(5,6)7)38-28-29-42-41-22-12-13-25-43(41)55(46(42)31-38)37-21-16-20-36(30-37)54-32-53(8)44-26-14-15-27-45(44)54/h9-31,33-34H,32H2,1-8H3. The molecule has 1 aliphatic rings. The van der Waals surface area contributed by atoms with Crippen LogP contribution in [0.15, 0.2) is 140 Å². The second-order valence-corrected chi connectivity index (χ2v) is 17.1. The number of fused-ring (bicyclic) bond motifs is 4. The van der Waals surface area contributed by atoms with Gasteiger partial charge in [-0.25, -0.2) is 4.68 Å². The topological polar surface area (TPSA) is 29.2 Å². The minimum absolute atomic E-state index is 0.218. The lowest BCUT2D eigenvalue weighted by molar-refractivity contribution is 0.561. The van der Waals surface area contributed by atoms with Crippen LogP contribution in [0.4, 0.5) is 17.1 Å². The lowest BCUT2D eigenvalue weighted by atomic mass is 9.79. The van der Waals surface area contributed by atoms with Crippen molar-refractivity contribution in [3.8, 4) is 33.8 Å². The highest BCUT2D eigenvalue weighted by Crippen LogP contribution is 2.47. The van der Waals surface area contributed by atoms with E-state index in [1.54, 1.807) is 0 Å². The predicted octanol–water partition coefficient (Wildman–Crippen LogP) is 13.4. The Balaban J connectivity index is 1.32. The van der Waals surface area contributed by atoms with E-state index < -0.39 is 0 Å². The third-order valence-corrected chi connectivity index (χ3v) is 11.5. The summed E-state index contributed by atoms with van der Waals surface area (Å²) >= 11 is 0. The maximum absolute atomic E-state index is 5.66. The summed E-state index contributed by atoms with van der Waals surface area (Å²) in [6.45, 7) is 17.0. The van der Waals surface area contributed by atoms with E-state index in [9.17, 15) is 0 Å². The Morgan fingerprint density at radius 1 is 0.554 bits per heavy atom. The van der Waals surface area contributed by atoms with Crippen LogP contribution in [-0.2, 0) is 5.41 Å². The fourth-order valence-corrected chi connectivity index (χ4v) is 8.84. The molecular weight excluding hydrogens is 683 g/mol. The minimum atomic E-state index is -0.218. The van der Waals surface area contributed by atoms with Crippen LogP contribution >= 0.6 is 0 Å². The van der Waals surface area contributed by atoms with Gasteiger partial charge in [-0.15, -0.1) is 0 Å². The molecule has 56 heavy (non-hydrogen) atoms. The van der Waals surface area contributed by atoms with E-state index in [0.717, 1.165) is 40.5 Å². The monoisotopic (exact) mass is 733 g/mol. The van der Waals surface area contributed by atoms with Crippen LogP contribution in [0.1, 0.15) is 77.1 Å². The Bertz CT molecular complexity index is 2710. The normalized spacial score (nSPS) is 13.2. The molecule has 280 valence electrons. The van der Waals surface area contributed by atoms with Gasteiger partial charge >= 0.3 is 0 Å². The fraction of sp³-hybridized carbons (Fsp3) is 0.235. The number of rotatable bonds is 7. The molecule has 0 unspecified atom stereocenters. The molecule has 0 spiro atoms. The van der Waals surface area contributed by atoms with Crippen molar-refractivity contribution in [1.82, 2.24) is 14.3 Å². The van der Waals surface area contributed by atoms with Crippen LogP contribution in [-0.4, -0.2) is 28.1 Å². The lowest BCUT2D eigenvalue weighted by Crippen LogP contribution is -2.24. The van der Waals surface area contributed by atoms with Crippen LogP contribution in [0, 0.1) is 0 Å². The Hall–Kier alpha value is -6.07. The van der Waals surface area contributed by atoms with Crippen molar-refractivity contribution in [1.29, 1.82) is 0 Å². The fourth-order valence-electron chi connectivity index (χ4n) is 8.84. The largest absolute Gasteiger partial charge is 0.355 e. The molecule has 5 nitrogen and oxygen atoms in total. The summed E-state index contributed by atoms with van der Waals surface area (Å²) in [6.07, 6.45) is 0. The van der Waals surface area contributed by atoms with Crippen LogP contribution in [0.5, 0.6) is 0 Å². The molecule has 0 radical (unpaired) electrons. The van der Waals surface area contributed by atoms with E-state index in [-0.39, 0.29) is 5.41 Å². The molecule has 6 aromatic carbocycles. The van der Waals surface area contributed by atoms with Gasteiger partial charge in [0.2, 0.25) is 0 Å². The molecule has 9 rings (SSSR count). The number of anilines is 3. The quantitative estimate of drug-likeness (QED) is 0.163. The highest BCUT2D eigenvalue weighted by molar-refractivity contribution is 6.10. The molecule has 1 aliphatic heterocycles. The van der Waals surface area contributed by atoms with Crippen LogP contribution in [0.3, 0.4) is 0 Å². The molecule has 0 bridgehead atoms. The van der Waals surface area contributed by atoms with E-state index in [1.807, 2.05) is 0 Å². The molecular formula is C51H51N5. The van der Waals surface area contributed by atoms with Gasteiger partial charge < -0.3 is 14.4 Å². The van der Waals surface area contributed by atoms with Crippen LogP contribution < -0.4 is 9.80 Å². The van der Waals surface area contributed by atoms with E-state index in [2.05, 4.69) is 214 Å². The molecule has 5 heteroatoms. The van der Waals surface area contributed by atoms with Gasteiger partial charge in [0.05, 0.1) is 46.2 Å². The Kier molecular flexibility index (Phi) is 8.65. The number of hydrogen-bond donors (Lipinski definition) is 0. The summed E-state index contributed by atoms with van der Waals surface area (Å²) in [5.41, 5.74) is 16.6. The van der Waals surface area contributed by atoms with E-state index in [4.69, 9.17) is 5.10 Å². The first-order valence-electron chi connectivity index (χ1n) is 20.0. The molecule has 3 heterocycles. The smallest absolute Gasteiger partial charge is 0.0950 e. The minimum Gasteiger partial charge on any atom is -0.355 e. The van der Waals surface area contributed by atoms with Crippen LogP contribution in [0.2, 0.25) is 0 Å². The summed E-state index contributed by atoms with van der Waals surface area (Å²) in [6, 6.07) is 51.1. The van der Waals surface area contributed by atoms with Crippen molar-refractivity contribution in [2.24, 2.45) is 0 Å². The Labute approximate surface area is 331 Å². The van der Waals surface area contributed by atoms with Crippen molar-refractivity contribution >= 4 is 38.9 Å². The number of para-hydroxylation sites is 3. The van der Waals surface area contributed by atoms with Gasteiger partial charge in [0, 0.05) is 45.7 Å². The zero-order chi connectivity index (χ0) is 38.9. The van der Waals surface area contributed by atoms with Crippen molar-refractivity contribution in [3.63, 3.8) is 0 Å². The number of nitrogens with zero attached hydrogens (tertiary/aromatic N) is 5. The van der Waals surface area contributed by atoms with Gasteiger partial charge in [-0.05, 0) is 77.1 Å². The summed E-state index contributed by atoms with van der Waals surface area (Å²) in [4.78, 5) is 4.72. The summed E-state index contributed by atoms with van der Waals surface area (Å²) in [5.74, 6) is 0.696. The van der Waals surface area contributed by atoms with Gasteiger partial charge in [0.1, 0.15) is 0 Å². The predicted molar refractivity (Wildman–Crippen MR) is 238 cm³/mol. The van der Waals surface area contributed by atoms with E-state index in [1.165, 1.54) is 55.6 Å². The SMILES string of the molecule is CC(C)c1cccc(C(C)C)c1-c1c(C(C)(C)C)nn(-c2ccc3c4ccccc4n(-c4cccc(N5CN(C)c6ccccc65)c4)c3c2)c1-c1ccccc1. The average Bonchev–Trinajstić information content (AvgIpc) is 3.87. The highest BCUT2D eigenvalue weighted by Gasteiger charge is 2.32. The van der Waals surface area contributed by atoms with Crippen LogP contribution in [0.25, 0.3) is 55.6 Å². The molecule has 0 saturated heterocycles. The first-order chi connectivity index (χ1) is 27.0. The molecule has 0 amide bonds. The summed E-state index contributed by atoms with van der Waals surface area (Å²) in [5, 5.41) is 8.11. The summed E-state index contributed by atoms with van der Waals surface area (Å²) < 4.78 is 4.67. The molecule has 0 saturated carbocycles. The zero-order valence-electron chi connectivity index (χ0n) is 33.9. The van der Waals surface area contributed by atoms with Gasteiger partial charge in [-0.3, -0.25) is 0 Å². The van der Waals surface area contributed by atoms with E-state index >= 15 is 0 Å². The molecule has 0 fully saturated rings. The lowest BCUT2D eigenvalue weighted by Gasteiger charge is -2.24. The molecule has 0 aliphatic carbocycles. The van der Waals surface area contributed by atoms with Gasteiger partial charge in [-0.2, -0.15) is 5.10 Å². The second-order valence-electron chi connectivity index (χ2n) is 17.1. The molecule has 2 aromatic heterocycles. The molecule has 8 aromatic rings. The van der Waals surface area contributed by atoms with Crippen molar-refractivity contribution in [2.75, 3.05) is 23.5 Å². The first-order valence-corrected chi connectivity index (χ1v) is 20.0. The van der Waals surface area contributed by atoms with Crippen molar-refractivity contribution < 1.29 is 0 Å². The van der Waals surface area contributed by atoms with Crippen molar-refractivity contribution in [3.05, 3.63) is 156 Å². The Morgan fingerprint density at radius 3 is 1.89 bits per heavy atom.